The lowest BCUT2D eigenvalue weighted by atomic mass is 9.64. The minimum Gasteiger partial charge on any atom is -0.481 e. The fraction of sp³-hybridized carbons (Fsp3) is 0.611. The van der Waals surface area contributed by atoms with Crippen LogP contribution in [0.25, 0.3) is 0 Å². The van der Waals surface area contributed by atoms with Gasteiger partial charge in [0.2, 0.25) is 0 Å². The first kappa shape index (κ1) is 16.0. The van der Waals surface area contributed by atoms with Crippen LogP contribution >= 0.6 is 0 Å². The molecule has 21 heavy (non-hydrogen) atoms. The first-order valence-corrected chi connectivity index (χ1v) is 7.68. The maximum absolute atomic E-state index is 13.7. The number of carbonyl (C=O) groups is 1. The average molecular weight is 292 g/mol. The predicted octanol–water partition coefficient (Wildman–Crippen LogP) is 4.76. The molecule has 3 atom stereocenters. The van der Waals surface area contributed by atoms with Gasteiger partial charge in [-0.2, -0.15) is 0 Å². The summed E-state index contributed by atoms with van der Waals surface area (Å²) in [7, 11) is 0. The molecule has 3 heteroatoms. The zero-order valence-corrected chi connectivity index (χ0v) is 13.3. The molecule has 1 N–H and O–H groups in total. The normalized spacial score (nSPS) is 26.6. The minimum absolute atomic E-state index is 0.0881. The molecule has 0 aliphatic heterocycles. The van der Waals surface area contributed by atoms with Gasteiger partial charge < -0.3 is 5.11 Å². The van der Waals surface area contributed by atoms with E-state index >= 15 is 0 Å². The third-order valence-electron chi connectivity index (χ3n) is 4.88. The lowest BCUT2D eigenvalue weighted by Gasteiger charge is -2.40. The maximum atomic E-state index is 13.7. The molecule has 3 unspecified atom stereocenters. The number of hydrogen-bond acceptors (Lipinski definition) is 1. The first-order chi connectivity index (χ1) is 9.68. The largest absolute Gasteiger partial charge is 0.481 e. The van der Waals surface area contributed by atoms with E-state index in [0.29, 0.717) is 12.3 Å². The van der Waals surface area contributed by atoms with Crippen LogP contribution in [-0.4, -0.2) is 11.1 Å². The number of aryl methyl sites for hydroxylation is 1. The zero-order chi connectivity index (χ0) is 15.8. The molecule has 1 aromatic rings. The van der Waals surface area contributed by atoms with Crippen molar-refractivity contribution in [2.45, 2.75) is 52.9 Å². The summed E-state index contributed by atoms with van der Waals surface area (Å²) in [6.45, 7) is 8.46. The number of benzene rings is 1. The van der Waals surface area contributed by atoms with Gasteiger partial charge in [-0.25, -0.2) is 4.39 Å². The van der Waals surface area contributed by atoms with Crippen LogP contribution in [0.15, 0.2) is 18.2 Å². The van der Waals surface area contributed by atoms with Crippen LogP contribution in [0.3, 0.4) is 0 Å². The van der Waals surface area contributed by atoms with Crippen molar-refractivity contribution in [3.05, 3.63) is 35.1 Å². The molecule has 1 saturated carbocycles. The van der Waals surface area contributed by atoms with Crippen LogP contribution in [0.5, 0.6) is 0 Å². The van der Waals surface area contributed by atoms with Gasteiger partial charge in [-0.15, -0.1) is 0 Å². The summed E-state index contributed by atoms with van der Waals surface area (Å²) in [6, 6.07) is 4.94. The van der Waals surface area contributed by atoms with Gasteiger partial charge in [0, 0.05) is 0 Å². The molecule has 0 radical (unpaired) electrons. The lowest BCUT2D eigenvalue weighted by Crippen LogP contribution is -2.34. The Labute approximate surface area is 126 Å². The molecule has 1 aromatic carbocycles. The molecule has 2 nitrogen and oxygen atoms in total. The standard InChI is InChI=1S/C18H25FO2/c1-11-7-12(9-14(19)8-11)16-10-13(18(2,3)4)5-6-15(16)17(20)21/h7-9,13,15-16H,5-6,10H2,1-4H3,(H,20,21). The van der Waals surface area contributed by atoms with E-state index in [2.05, 4.69) is 20.8 Å². The van der Waals surface area contributed by atoms with Crippen molar-refractivity contribution in [3.8, 4) is 0 Å². The van der Waals surface area contributed by atoms with Crippen LogP contribution in [0.4, 0.5) is 4.39 Å². The van der Waals surface area contributed by atoms with Crippen LogP contribution < -0.4 is 0 Å². The molecule has 116 valence electrons. The van der Waals surface area contributed by atoms with E-state index in [0.717, 1.165) is 24.0 Å². The lowest BCUT2D eigenvalue weighted by molar-refractivity contribution is -0.144. The van der Waals surface area contributed by atoms with E-state index in [1.54, 1.807) is 0 Å². The van der Waals surface area contributed by atoms with Gasteiger partial charge in [0.05, 0.1) is 5.92 Å². The Morgan fingerprint density at radius 1 is 1.24 bits per heavy atom. The van der Waals surface area contributed by atoms with Crippen LogP contribution in [0, 0.1) is 30.0 Å². The number of hydrogen-bond donors (Lipinski definition) is 1. The highest BCUT2D eigenvalue weighted by atomic mass is 19.1. The Balaban J connectivity index is 2.36. The summed E-state index contributed by atoms with van der Waals surface area (Å²) >= 11 is 0. The highest BCUT2D eigenvalue weighted by Gasteiger charge is 2.39. The molecule has 2 rings (SSSR count). The molecule has 0 heterocycles. The van der Waals surface area contributed by atoms with Crippen molar-refractivity contribution in [2.24, 2.45) is 17.3 Å². The minimum atomic E-state index is -0.755. The fourth-order valence-corrected chi connectivity index (χ4v) is 3.60. The van der Waals surface area contributed by atoms with Gasteiger partial charge in [0.1, 0.15) is 5.82 Å². The van der Waals surface area contributed by atoms with Crippen molar-refractivity contribution >= 4 is 5.97 Å². The smallest absolute Gasteiger partial charge is 0.307 e. The summed E-state index contributed by atoms with van der Waals surface area (Å²) in [6.07, 6.45) is 2.44. The number of carboxylic acids is 1. The second kappa shape index (κ2) is 5.78. The third-order valence-corrected chi connectivity index (χ3v) is 4.88. The van der Waals surface area contributed by atoms with E-state index in [-0.39, 0.29) is 17.2 Å². The van der Waals surface area contributed by atoms with Crippen LogP contribution in [0.2, 0.25) is 0 Å². The van der Waals surface area contributed by atoms with E-state index < -0.39 is 11.9 Å². The summed E-state index contributed by atoms with van der Waals surface area (Å²) in [5.74, 6) is -1.04. The second-order valence-electron chi connectivity index (χ2n) is 7.49. The Hall–Kier alpha value is -1.38. The van der Waals surface area contributed by atoms with E-state index in [1.807, 2.05) is 13.0 Å². The van der Waals surface area contributed by atoms with Gasteiger partial charge in [0.15, 0.2) is 0 Å². The molecule has 1 aliphatic carbocycles. The Bertz CT molecular complexity index is 510. The van der Waals surface area contributed by atoms with E-state index in [1.165, 1.54) is 12.1 Å². The Morgan fingerprint density at radius 3 is 2.43 bits per heavy atom. The zero-order valence-electron chi connectivity index (χ0n) is 13.3. The van der Waals surface area contributed by atoms with E-state index in [9.17, 15) is 14.3 Å². The fourth-order valence-electron chi connectivity index (χ4n) is 3.60. The predicted molar refractivity (Wildman–Crippen MR) is 81.8 cm³/mol. The topological polar surface area (TPSA) is 37.3 Å². The molecule has 1 fully saturated rings. The van der Waals surface area contributed by atoms with Gasteiger partial charge in [-0.3, -0.25) is 4.79 Å². The number of halogens is 1. The highest BCUT2D eigenvalue weighted by molar-refractivity contribution is 5.71. The monoisotopic (exact) mass is 292 g/mol. The van der Waals surface area contributed by atoms with Crippen molar-refractivity contribution in [1.29, 1.82) is 0 Å². The molecule has 0 aromatic heterocycles. The molecular weight excluding hydrogens is 267 g/mol. The number of rotatable bonds is 2. The average Bonchev–Trinajstić information content (AvgIpc) is 2.35. The third kappa shape index (κ3) is 3.63. The van der Waals surface area contributed by atoms with Crippen LogP contribution in [-0.2, 0) is 4.79 Å². The molecule has 0 spiro atoms. The van der Waals surface area contributed by atoms with Gasteiger partial charge >= 0.3 is 5.97 Å². The molecular formula is C18H25FO2. The Morgan fingerprint density at radius 2 is 1.90 bits per heavy atom. The van der Waals surface area contributed by atoms with Gasteiger partial charge in [-0.05, 0) is 66.7 Å². The second-order valence-corrected chi connectivity index (χ2v) is 7.49. The molecule has 0 bridgehead atoms. The molecule has 0 amide bonds. The number of aliphatic carboxylic acids is 1. The van der Waals surface area contributed by atoms with Crippen molar-refractivity contribution in [1.82, 2.24) is 0 Å². The summed E-state index contributed by atoms with van der Waals surface area (Å²) < 4.78 is 13.7. The summed E-state index contributed by atoms with van der Waals surface area (Å²) in [5.41, 5.74) is 1.85. The number of carboxylic acid groups (broad SMARTS) is 1. The van der Waals surface area contributed by atoms with Crippen molar-refractivity contribution < 1.29 is 14.3 Å². The highest BCUT2D eigenvalue weighted by Crippen LogP contribution is 2.47. The molecule has 0 saturated heterocycles. The van der Waals surface area contributed by atoms with E-state index in [4.69, 9.17) is 0 Å². The maximum Gasteiger partial charge on any atom is 0.307 e. The quantitative estimate of drug-likeness (QED) is 0.853. The van der Waals surface area contributed by atoms with Crippen molar-refractivity contribution in [3.63, 3.8) is 0 Å². The summed E-state index contributed by atoms with van der Waals surface area (Å²) in [5, 5.41) is 9.50. The van der Waals surface area contributed by atoms with Crippen molar-refractivity contribution in [2.75, 3.05) is 0 Å². The molecule has 1 aliphatic rings. The summed E-state index contributed by atoms with van der Waals surface area (Å²) in [4.78, 5) is 11.6. The first-order valence-electron chi connectivity index (χ1n) is 7.68. The van der Waals surface area contributed by atoms with Gasteiger partial charge in [0.25, 0.3) is 0 Å². The van der Waals surface area contributed by atoms with Crippen LogP contribution in [0.1, 0.15) is 57.1 Å². The SMILES string of the molecule is Cc1cc(F)cc(C2CC(C(C)(C)C)CCC2C(=O)O)c1. The Kier molecular flexibility index (Phi) is 4.40. The van der Waals surface area contributed by atoms with Gasteiger partial charge in [-0.1, -0.05) is 26.8 Å².